The monoisotopic (exact) mass is 482 g/mol. The van der Waals surface area contributed by atoms with E-state index < -0.39 is 0 Å². The summed E-state index contributed by atoms with van der Waals surface area (Å²) in [5.41, 5.74) is 2.14. The average Bonchev–Trinajstić information content (AvgIpc) is 2.81. The summed E-state index contributed by atoms with van der Waals surface area (Å²) < 4.78 is 1.03. The first-order valence-electron chi connectivity index (χ1n) is 11.1. The molecule has 0 saturated carbocycles. The smallest absolute Gasteiger partial charge is 0.246 e. The summed E-state index contributed by atoms with van der Waals surface area (Å²) in [5.74, 6) is 0.192. The lowest BCUT2D eigenvalue weighted by molar-refractivity contribution is -0.141. The zero-order chi connectivity index (χ0) is 22.2. The van der Waals surface area contributed by atoms with Crippen molar-refractivity contribution in [3.05, 3.63) is 76.3 Å². The number of piperidine rings is 1. The minimum absolute atomic E-state index is 0.0106. The molecule has 0 aromatic heterocycles. The lowest BCUT2D eigenvalue weighted by Gasteiger charge is -2.36. The Balaban J connectivity index is 1.60. The van der Waals surface area contributed by atoms with Gasteiger partial charge in [0, 0.05) is 36.1 Å². The lowest BCUT2D eigenvalue weighted by atomic mass is 9.93. The standard InChI is InChI=1S/C26H31BrN2O2/c1-3-17-29(20(2)23-11-7-8-12-24(23)27)26(31)22-15-18-28(19-16-22)25(30)14-13-21-9-5-4-6-10-21/h4-14,20,22H,3,15-19H2,1-2H3. The molecule has 1 fully saturated rings. The largest absolute Gasteiger partial charge is 0.339 e. The van der Waals surface area contributed by atoms with Gasteiger partial charge in [0.05, 0.1) is 6.04 Å². The van der Waals surface area contributed by atoms with Crippen LogP contribution in [0.4, 0.5) is 0 Å². The van der Waals surface area contributed by atoms with Gasteiger partial charge in [0.1, 0.15) is 0 Å². The SMILES string of the molecule is CCCN(C(=O)C1CCN(C(=O)C=Cc2ccccc2)CC1)C(C)c1ccccc1Br. The molecule has 1 atom stereocenters. The first kappa shape index (κ1) is 23.3. The molecule has 2 aromatic carbocycles. The molecule has 2 amide bonds. The predicted octanol–water partition coefficient (Wildman–Crippen LogP) is 5.70. The Bertz CT molecular complexity index is 905. The number of benzene rings is 2. The molecule has 1 aliphatic heterocycles. The van der Waals surface area contributed by atoms with E-state index in [9.17, 15) is 9.59 Å². The molecule has 0 aliphatic carbocycles. The molecule has 5 heteroatoms. The Hall–Kier alpha value is -2.40. The van der Waals surface area contributed by atoms with Crippen LogP contribution in [0.2, 0.25) is 0 Å². The molecule has 1 heterocycles. The van der Waals surface area contributed by atoms with E-state index in [1.165, 1.54) is 0 Å². The fourth-order valence-electron chi connectivity index (χ4n) is 4.14. The number of rotatable bonds is 7. The van der Waals surface area contributed by atoms with Gasteiger partial charge in [0.25, 0.3) is 0 Å². The van der Waals surface area contributed by atoms with Crippen LogP contribution in [0.15, 0.2) is 65.1 Å². The summed E-state index contributed by atoms with van der Waals surface area (Å²) in [6.45, 7) is 6.18. The molecule has 164 valence electrons. The number of halogens is 1. The van der Waals surface area contributed by atoms with E-state index in [1.54, 1.807) is 6.08 Å². The predicted molar refractivity (Wildman–Crippen MR) is 129 cm³/mol. The van der Waals surface area contributed by atoms with Gasteiger partial charge in [-0.1, -0.05) is 71.4 Å². The third kappa shape index (κ3) is 6.07. The quantitative estimate of drug-likeness (QED) is 0.474. The van der Waals surface area contributed by atoms with Crippen molar-refractivity contribution in [3.63, 3.8) is 0 Å². The van der Waals surface area contributed by atoms with Crippen LogP contribution in [0.5, 0.6) is 0 Å². The second-order valence-electron chi connectivity index (χ2n) is 8.07. The molecule has 0 radical (unpaired) electrons. The highest BCUT2D eigenvalue weighted by molar-refractivity contribution is 9.10. The lowest BCUT2D eigenvalue weighted by Crippen LogP contribution is -2.45. The van der Waals surface area contributed by atoms with Gasteiger partial charge in [-0.25, -0.2) is 0 Å². The van der Waals surface area contributed by atoms with Gasteiger partial charge >= 0.3 is 0 Å². The summed E-state index contributed by atoms with van der Waals surface area (Å²) in [4.78, 5) is 29.8. The van der Waals surface area contributed by atoms with Gasteiger partial charge < -0.3 is 9.80 Å². The highest BCUT2D eigenvalue weighted by Gasteiger charge is 2.32. The van der Waals surface area contributed by atoms with Crippen LogP contribution in [0.25, 0.3) is 6.08 Å². The summed E-state index contributed by atoms with van der Waals surface area (Å²) in [5, 5.41) is 0. The Labute approximate surface area is 194 Å². The first-order chi connectivity index (χ1) is 15.0. The van der Waals surface area contributed by atoms with Gasteiger partial charge in [0.15, 0.2) is 0 Å². The molecule has 1 aliphatic rings. The van der Waals surface area contributed by atoms with Gasteiger partial charge in [-0.3, -0.25) is 9.59 Å². The van der Waals surface area contributed by atoms with E-state index in [0.717, 1.165) is 28.6 Å². The highest BCUT2D eigenvalue weighted by Crippen LogP contribution is 2.30. The molecule has 2 aromatic rings. The number of nitrogens with zero attached hydrogens (tertiary/aromatic N) is 2. The van der Waals surface area contributed by atoms with E-state index in [4.69, 9.17) is 0 Å². The minimum Gasteiger partial charge on any atom is -0.339 e. The van der Waals surface area contributed by atoms with Crippen LogP contribution < -0.4 is 0 Å². The van der Waals surface area contributed by atoms with Crippen molar-refractivity contribution in [2.75, 3.05) is 19.6 Å². The fraction of sp³-hybridized carbons (Fsp3) is 0.385. The average molecular weight is 483 g/mol. The topological polar surface area (TPSA) is 40.6 Å². The second-order valence-corrected chi connectivity index (χ2v) is 8.93. The van der Waals surface area contributed by atoms with Gasteiger partial charge in [-0.2, -0.15) is 0 Å². The van der Waals surface area contributed by atoms with Crippen molar-refractivity contribution in [1.82, 2.24) is 9.80 Å². The zero-order valence-corrected chi connectivity index (χ0v) is 19.9. The molecule has 4 nitrogen and oxygen atoms in total. The van der Waals surface area contributed by atoms with E-state index in [-0.39, 0.29) is 23.8 Å². The van der Waals surface area contributed by atoms with E-state index in [0.29, 0.717) is 25.9 Å². The van der Waals surface area contributed by atoms with Crippen LogP contribution >= 0.6 is 15.9 Å². The second kappa shape index (κ2) is 11.3. The maximum atomic E-state index is 13.4. The van der Waals surface area contributed by atoms with Crippen molar-refractivity contribution < 1.29 is 9.59 Å². The third-order valence-electron chi connectivity index (χ3n) is 5.94. The zero-order valence-electron chi connectivity index (χ0n) is 18.3. The molecule has 31 heavy (non-hydrogen) atoms. The summed E-state index contributed by atoms with van der Waals surface area (Å²) in [7, 11) is 0. The number of carbonyl (C=O) groups is 2. The van der Waals surface area contributed by atoms with Crippen molar-refractivity contribution in [3.8, 4) is 0 Å². The number of amides is 2. The summed E-state index contributed by atoms with van der Waals surface area (Å²) in [6.07, 6.45) is 5.83. The maximum absolute atomic E-state index is 13.4. The van der Waals surface area contributed by atoms with Gasteiger partial charge in [-0.15, -0.1) is 0 Å². The first-order valence-corrected chi connectivity index (χ1v) is 11.9. The van der Waals surface area contributed by atoms with Gasteiger partial charge in [0.2, 0.25) is 11.8 Å². The molecule has 0 N–H and O–H groups in total. The molecular weight excluding hydrogens is 452 g/mol. The Kier molecular flexibility index (Phi) is 8.47. The molecule has 1 saturated heterocycles. The maximum Gasteiger partial charge on any atom is 0.246 e. The van der Waals surface area contributed by atoms with Crippen LogP contribution in [0.1, 0.15) is 50.3 Å². The Morgan fingerprint density at radius 1 is 1.10 bits per heavy atom. The van der Waals surface area contributed by atoms with Gasteiger partial charge in [-0.05, 0) is 49.5 Å². The molecule has 3 rings (SSSR count). The van der Waals surface area contributed by atoms with Crippen LogP contribution in [-0.2, 0) is 9.59 Å². The molecule has 0 bridgehead atoms. The van der Waals surface area contributed by atoms with Crippen molar-refractivity contribution in [1.29, 1.82) is 0 Å². The van der Waals surface area contributed by atoms with Crippen molar-refractivity contribution in [2.45, 2.75) is 39.2 Å². The number of carbonyl (C=O) groups excluding carboxylic acids is 2. The normalized spacial score (nSPS) is 15.8. The number of hydrogen-bond acceptors (Lipinski definition) is 2. The highest BCUT2D eigenvalue weighted by atomic mass is 79.9. The number of hydrogen-bond donors (Lipinski definition) is 0. The van der Waals surface area contributed by atoms with E-state index in [2.05, 4.69) is 35.8 Å². The van der Waals surface area contributed by atoms with E-state index >= 15 is 0 Å². The summed E-state index contributed by atoms with van der Waals surface area (Å²) >= 11 is 3.63. The molecular formula is C26H31BrN2O2. The third-order valence-corrected chi connectivity index (χ3v) is 6.67. The Morgan fingerprint density at radius 3 is 2.39 bits per heavy atom. The molecule has 0 spiro atoms. The van der Waals surface area contributed by atoms with E-state index in [1.807, 2.05) is 64.4 Å². The van der Waals surface area contributed by atoms with Crippen LogP contribution in [0, 0.1) is 5.92 Å². The summed E-state index contributed by atoms with van der Waals surface area (Å²) in [6, 6.07) is 17.9. The molecule has 1 unspecified atom stereocenters. The van der Waals surface area contributed by atoms with Crippen LogP contribution in [0.3, 0.4) is 0 Å². The van der Waals surface area contributed by atoms with Crippen molar-refractivity contribution in [2.24, 2.45) is 5.92 Å². The fourth-order valence-corrected chi connectivity index (χ4v) is 4.75. The van der Waals surface area contributed by atoms with Crippen molar-refractivity contribution >= 4 is 33.8 Å². The Morgan fingerprint density at radius 2 is 1.74 bits per heavy atom. The van der Waals surface area contributed by atoms with Crippen LogP contribution in [-0.4, -0.2) is 41.2 Å². The number of likely N-dealkylation sites (tertiary alicyclic amines) is 1. The minimum atomic E-state index is -0.0290.